The van der Waals surface area contributed by atoms with Gasteiger partial charge in [-0.1, -0.05) is 18.2 Å². The maximum Gasteiger partial charge on any atom is 0.261 e. The lowest BCUT2D eigenvalue weighted by Gasteiger charge is -2.31. The highest BCUT2D eigenvalue weighted by atomic mass is 16.5. The molecule has 0 radical (unpaired) electrons. The van der Waals surface area contributed by atoms with Gasteiger partial charge in [-0.3, -0.25) is 9.59 Å². The van der Waals surface area contributed by atoms with Crippen LogP contribution in [-0.2, 0) is 14.3 Å². The quantitative estimate of drug-likeness (QED) is 0.727. The van der Waals surface area contributed by atoms with Crippen molar-refractivity contribution in [1.29, 1.82) is 0 Å². The fourth-order valence-corrected chi connectivity index (χ4v) is 4.51. The fourth-order valence-electron chi connectivity index (χ4n) is 4.51. The van der Waals surface area contributed by atoms with E-state index >= 15 is 0 Å². The lowest BCUT2D eigenvalue weighted by Crippen LogP contribution is -2.46. The molecule has 4 aliphatic rings. The van der Waals surface area contributed by atoms with Gasteiger partial charge < -0.3 is 14.4 Å². The van der Waals surface area contributed by atoms with Crippen LogP contribution in [0.4, 0.5) is 0 Å². The summed E-state index contributed by atoms with van der Waals surface area (Å²) in [5, 5.41) is 0. The Morgan fingerprint density at radius 3 is 2.64 bits per heavy atom. The molecule has 5 heteroatoms. The molecule has 0 spiro atoms. The summed E-state index contributed by atoms with van der Waals surface area (Å²) in [6.07, 6.45) is 4.68. The van der Waals surface area contributed by atoms with Crippen molar-refractivity contribution in [1.82, 2.24) is 4.90 Å². The molecule has 1 amide bonds. The van der Waals surface area contributed by atoms with Gasteiger partial charge in [0.2, 0.25) is 0 Å². The molecule has 2 fully saturated rings. The fraction of sp³-hybridized carbons (Fsp3) is 0.600. The molecule has 2 bridgehead atoms. The van der Waals surface area contributed by atoms with Crippen LogP contribution in [0.15, 0.2) is 24.3 Å². The Labute approximate surface area is 148 Å². The zero-order valence-corrected chi connectivity index (χ0v) is 14.6. The van der Waals surface area contributed by atoms with Crippen molar-refractivity contribution in [2.75, 3.05) is 13.2 Å². The number of fused-ring (bicyclic) bond motifs is 5. The smallest absolute Gasteiger partial charge is 0.261 e. The van der Waals surface area contributed by atoms with Gasteiger partial charge in [0.1, 0.15) is 11.8 Å². The van der Waals surface area contributed by atoms with Crippen LogP contribution in [0.1, 0.15) is 50.5 Å². The van der Waals surface area contributed by atoms with Crippen LogP contribution in [0.3, 0.4) is 0 Å². The van der Waals surface area contributed by atoms with Crippen LogP contribution in [0.5, 0.6) is 5.75 Å². The second-order valence-corrected chi connectivity index (χ2v) is 7.47. The van der Waals surface area contributed by atoms with Crippen LogP contribution in [0, 0.1) is 0 Å². The second kappa shape index (κ2) is 6.79. The Kier molecular flexibility index (Phi) is 4.50. The van der Waals surface area contributed by atoms with Crippen molar-refractivity contribution < 1.29 is 19.1 Å². The van der Waals surface area contributed by atoms with Crippen molar-refractivity contribution >= 4 is 11.7 Å². The Hall–Kier alpha value is -1.88. The number of benzene rings is 1. The maximum absolute atomic E-state index is 12.7. The van der Waals surface area contributed by atoms with Gasteiger partial charge in [-0.2, -0.15) is 0 Å². The van der Waals surface area contributed by atoms with E-state index in [-0.39, 0.29) is 30.4 Å². The maximum atomic E-state index is 12.7. The standard InChI is InChI=1S/C20H25NO4/c1-13-10-18(22)17-11-24-15-8-6-14(7-9-15)16-4-2-3-5-19(16)25-12-20(23)21(13)17/h2-5,13-15,17H,6-12H2,1H3/t13-,14?,15?,17+/m1/s1. The monoisotopic (exact) mass is 343 g/mol. The second-order valence-electron chi connectivity index (χ2n) is 7.47. The molecule has 3 heterocycles. The highest BCUT2D eigenvalue weighted by Gasteiger charge is 2.41. The first-order valence-corrected chi connectivity index (χ1v) is 9.30. The third-order valence-corrected chi connectivity index (χ3v) is 5.84. The summed E-state index contributed by atoms with van der Waals surface area (Å²) in [4.78, 5) is 26.7. The lowest BCUT2D eigenvalue weighted by atomic mass is 9.82. The first kappa shape index (κ1) is 16.6. The van der Waals surface area contributed by atoms with Gasteiger partial charge >= 0.3 is 0 Å². The first-order chi connectivity index (χ1) is 12.1. The van der Waals surface area contributed by atoms with Gasteiger partial charge in [0.15, 0.2) is 12.4 Å². The number of carbonyl (C=O) groups is 2. The molecule has 5 rings (SSSR count). The van der Waals surface area contributed by atoms with Crippen LogP contribution >= 0.6 is 0 Å². The van der Waals surface area contributed by atoms with Crippen LogP contribution < -0.4 is 4.74 Å². The molecular weight excluding hydrogens is 318 g/mol. The highest BCUT2D eigenvalue weighted by molar-refractivity contribution is 5.93. The third kappa shape index (κ3) is 3.17. The summed E-state index contributed by atoms with van der Waals surface area (Å²) in [7, 11) is 0. The summed E-state index contributed by atoms with van der Waals surface area (Å²) >= 11 is 0. The van der Waals surface area contributed by atoms with E-state index in [1.54, 1.807) is 4.90 Å². The number of ether oxygens (including phenoxy) is 2. The van der Waals surface area contributed by atoms with E-state index in [0.717, 1.165) is 31.4 Å². The normalized spacial score (nSPS) is 32.9. The van der Waals surface area contributed by atoms with Crippen LogP contribution in [0.25, 0.3) is 0 Å². The third-order valence-electron chi connectivity index (χ3n) is 5.84. The largest absolute Gasteiger partial charge is 0.483 e. The van der Waals surface area contributed by atoms with Crippen molar-refractivity contribution in [3.8, 4) is 5.75 Å². The average molecular weight is 343 g/mol. The molecular formula is C20H25NO4. The van der Waals surface area contributed by atoms with Crippen molar-refractivity contribution in [2.45, 2.75) is 63.1 Å². The van der Waals surface area contributed by atoms with E-state index in [4.69, 9.17) is 9.47 Å². The number of amides is 1. The van der Waals surface area contributed by atoms with Crippen LogP contribution in [0.2, 0.25) is 0 Å². The van der Waals surface area contributed by atoms with Crippen molar-refractivity contribution in [2.24, 2.45) is 0 Å². The minimum atomic E-state index is -0.458. The number of hydrogen-bond acceptors (Lipinski definition) is 4. The van der Waals surface area contributed by atoms with Gasteiger partial charge in [-0.05, 0) is 50.2 Å². The summed E-state index contributed by atoms with van der Waals surface area (Å²) in [6, 6.07) is 7.48. The van der Waals surface area contributed by atoms with Gasteiger partial charge in [0.25, 0.3) is 5.91 Å². The average Bonchev–Trinajstić information content (AvgIpc) is 2.92. The van der Waals surface area contributed by atoms with E-state index in [0.29, 0.717) is 18.9 Å². The molecule has 1 aliphatic carbocycles. The highest BCUT2D eigenvalue weighted by Crippen LogP contribution is 2.39. The predicted octanol–water partition coefficient (Wildman–Crippen LogP) is 2.68. The molecule has 5 nitrogen and oxygen atoms in total. The molecule has 0 unspecified atom stereocenters. The van der Waals surface area contributed by atoms with Gasteiger partial charge in [-0.15, -0.1) is 0 Å². The SMILES string of the molecule is C[C@@H]1CC(=O)[C@@H]2COC3CCC(CC3)c3ccccc3OCC(=O)N12. The number of carbonyl (C=O) groups excluding carboxylic acids is 2. The van der Waals surface area contributed by atoms with E-state index in [2.05, 4.69) is 6.07 Å². The minimum Gasteiger partial charge on any atom is -0.483 e. The molecule has 1 saturated heterocycles. The number of rotatable bonds is 0. The van der Waals surface area contributed by atoms with E-state index in [1.165, 1.54) is 5.56 Å². The summed E-state index contributed by atoms with van der Waals surface area (Å²) in [6.45, 7) is 2.21. The molecule has 1 aromatic carbocycles. The number of nitrogens with zero attached hydrogens (tertiary/aromatic N) is 1. The zero-order chi connectivity index (χ0) is 17.4. The Morgan fingerprint density at radius 1 is 1.08 bits per heavy atom. The lowest BCUT2D eigenvalue weighted by molar-refractivity contribution is -0.140. The summed E-state index contributed by atoms with van der Waals surface area (Å²) in [5.74, 6) is 1.22. The molecule has 2 atom stereocenters. The number of para-hydroxylation sites is 1. The van der Waals surface area contributed by atoms with Gasteiger partial charge in [0.05, 0.1) is 12.7 Å². The van der Waals surface area contributed by atoms with Gasteiger partial charge in [0, 0.05) is 12.5 Å². The van der Waals surface area contributed by atoms with E-state index in [9.17, 15) is 9.59 Å². The molecule has 0 N–H and O–H groups in total. The van der Waals surface area contributed by atoms with E-state index < -0.39 is 6.04 Å². The molecule has 1 saturated carbocycles. The number of ketones is 1. The molecule has 3 aliphatic heterocycles. The topological polar surface area (TPSA) is 55.8 Å². The van der Waals surface area contributed by atoms with Crippen LogP contribution in [-0.4, -0.2) is 48.0 Å². The Balaban J connectivity index is 1.64. The van der Waals surface area contributed by atoms with E-state index in [1.807, 2.05) is 25.1 Å². The summed E-state index contributed by atoms with van der Waals surface area (Å²) in [5.41, 5.74) is 1.19. The van der Waals surface area contributed by atoms with Gasteiger partial charge in [-0.25, -0.2) is 0 Å². The first-order valence-electron chi connectivity index (χ1n) is 9.30. The molecule has 1 aromatic rings. The summed E-state index contributed by atoms with van der Waals surface area (Å²) < 4.78 is 12.0. The predicted molar refractivity (Wildman–Crippen MR) is 92.6 cm³/mol. The molecule has 0 aromatic heterocycles. The van der Waals surface area contributed by atoms with Crippen molar-refractivity contribution in [3.63, 3.8) is 0 Å². The van der Waals surface area contributed by atoms with Crippen molar-refractivity contribution in [3.05, 3.63) is 29.8 Å². The Morgan fingerprint density at radius 2 is 1.84 bits per heavy atom. The molecule has 25 heavy (non-hydrogen) atoms. The number of hydrogen-bond donors (Lipinski definition) is 0. The zero-order valence-electron chi connectivity index (χ0n) is 14.6. The number of Topliss-reactive ketones (excluding diaryl/α,β-unsaturated/α-hetero) is 1. The molecule has 134 valence electrons. The Bertz CT molecular complexity index is 665. The minimum absolute atomic E-state index is 0.0265.